The zero-order valence-corrected chi connectivity index (χ0v) is 17.1. The maximum atomic E-state index is 12.9. The lowest BCUT2D eigenvalue weighted by atomic mass is 9.96. The molecule has 1 aliphatic rings. The zero-order valence-electron chi connectivity index (χ0n) is 17.1. The number of hydrogen-bond acceptors (Lipinski definition) is 4. The third-order valence-electron chi connectivity index (χ3n) is 5.52. The third kappa shape index (κ3) is 4.56. The Morgan fingerprint density at radius 1 is 1.31 bits per heavy atom. The summed E-state index contributed by atoms with van der Waals surface area (Å²) in [6.45, 7) is 7.69. The molecule has 29 heavy (non-hydrogen) atoms. The van der Waals surface area contributed by atoms with E-state index in [2.05, 4.69) is 40.5 Å². The van der Waals surface area contributed by atoms with E-state index in [1.165, 1.54) is 5.56 Å². The lowest BCUT2D eigenvalue weighted by Crippen LogP contribution is -2.40. The van der Waals surface area contributed by atoms with Crippen molar-refractivity contribution in [2.75, 3.05) is 18.4 Å². The monoisotopic (exact) mass is 392 g/mol. The second kappa shape index (κ2) is 8.61. The van der Waals surface area contributed by atoms with Crippen molar-refractivity contribution in [3.8, 4) is 5.69 Å². The molecule has 1 aliphatic heterocycles. The van der Waals surface area contributed by atoms with Crippen molar-refractivity contribution in [3.05, 3.63) is 60.2 Å². The molecule has 0 unspecified atom stereocenters. The van der Waals surface area contributed by atoms with Gasteiger partial charge in [-0.2, -0.15) is 10.2 Å². The molecule has 3 aromatic rings. The van der Waals surface area contributed by atoms with Crippen molar-refractivity contribution in [1.29, 1.82) is 0 Å². The number of aryl methyl sites for hydroxylation is 2. The van der Waals surface area contributed by atoms with Crippen molar-refractivity contribution in [3.63, 3.8) is 0 Å². The summed E-state index contributed by atoms with van der Waals surface area (Å²) in [5.74, 6) is 0.0897. The van der Waals surface area contributed by atoms with E-state index in [0.717, 1.165) is 56.1 Å². The Labute approximate surface area is 171 Å². The van der Waals surface area contributed by atoms with Crippen LogP contribution in [0.2, 0.25) is 0 Å². The molecule has 1 N–H and O–H groups in total. The second-order valence-corrected chi connectivity index (χ2v) is 7.66. The van der Waals surface area contributed by atoms with Gasteiger partial charge in [0.1, 0.15) is 0 Å². The Hall–Kier alpha value is -2.93. The van der Waals surface area contributed by atoms with E-state index in [4.69, 9.17) is 0 Å². The number of amides is 1. The van der Waals surface area contributed by atoms with E-state index >= 15 is 0 Å². The number of benzene rings is 1. The highest BCUT2D eigenvalue weighted by Crippen LogP contribution is 2.22. The van der Waals surface area contributed by atoms with Gasteiger partial charge in [0, 0.05) is 49.5 Å². The summed E-state index contributed by atoms with van der Waals surface area (Å²) in [7, 11) is 0. The molecule has 7 heteroatoms. The maximum absolute atomic E-state index is 12.9. The van der Waals surface area contributed by atoms with Gasteiger partial charge in [0.25, 0.3) is 0 Å². The van der Waals surface area contributed by atoms with Crippen LogP contribution in [0, 0.1) is 12.8 Å². The molecule has 3 heterocycles. The number of nitrogens with zero attached hydrogens (tertiary/aromatic N) is 5. The van der Waals surface area contributed by atoms with Gasteiger partial charge in [-0.25, -0.2) is 4.68 Å². The van der Waals surface area contributed by atoms with Gasteiger partial charge in [-0.1, -0.05) is 6.07 Å². The highest BCUT2D eigenvalue weighted by atomic mass is 16.1. The Morgan fingerprint density at radius 2 is 2.21 bits per heavy atom. The standard InChI is InChI=1S/C22H28N6O/c1-3-27-16-19(17(2)25-27)15-26-11-5-7-18(14-26)22(29)24-20-8-4-9-21(13-20)28-12-6-10-23-28/h4,6,8-10,12-13,16,18H,3,5,7,11,14-15H2,1-2H3,(H,24,29)/t18-/m1/s1. The van der Waals surface area contributed by atoms with Gasteiger partial charge >= 0.3 is 0 Å². The fourth-order valence-corrected chi connectivity index (χ4v) is 3.92. The molecule has 1 saturated heterocycles. The molecule has 152 valence electrons. The predicted molar refractivity (Wildman–Crippen MR) is 113 cm³/mol. The van der Waals surface area contributed by atoms with E-state index < -0.39 is 0 Å². The largest absolute Gasteiger partial charge is 0.326 e. The molecule has 7 nitrogen and oxygen atoms in total. The first-order chi connectivity index (χ1) is 14.1. The zero-order chi connectivity index (χ0) is 20.2. The molecule has 0 spiro atoms. The van der Waals surface area contributed by atoms with Crippen LogP contribution in [0.1, 0.15) is 31.0 Å². The van der Waals surface area contributed by atoms with Crippen molar-refractivity contribution in [2.45, 2.75) is 39.8 Å². The van der Waals surface area contributed by atoms with Crippen molar-refractivity contribution in [1.82, 2.24) is 24.5 Å². The predicted octanol–water partition coefficient (Wildman–Crippen LogP) is 3.25. The summed E-state index contributed by atoms with van der Waals surface area (Å²) in [5.41, 5.74) is 4.07. The van der Waals surface area contributed by atoms with Gasteiger partial charge in [-0.05, 0) is 57.5 Å². The fourth-order valence-electron chi connectivity index (χ4n) is 3.92. The molecular formula is C22H28N6O. The quantitative estimate of drug-likeness (QED) is 0.699. The van der Waals surface area contributed by atoms with Gasteiger partial charge in [-0.3, -0.25) is 14.4 Å². The summed E-state index contributed by atoms with van der Waals surface area (Å²) in [6, 6.07) is 9.67. The maximum Gasteiger partial charge on any atom is 0.228 e. The summed E-state index contributed by atoms with van der Waals surface area (Å²) in [4.78, 5) is 15.3. The SMILES string of the molecule is CCn1cc(CN2CCC[C@@H](C(=O)Nc3cccc(-n4cccn4)c3)C2)c(C)n1. The van der Waals surface area contributed by atoms with Gasteiger partial charge in [0.15, 0.2) is 0 Å². The first-order valence-corrected chi connectivity index (χ1v) is 10.3. The number of aromatic nitrogens is 4. The lowest BCUT2D eigenvalue weighted by Gasteiger charge is -2.31. The van der Waals surface area contributed by atoms with Crippen molar-refractivity contribution < 1.29 is 4.79 Å². The molecule has 0 aliphatic carbocycles. The van der Waals surface area contributed by atoms with E-state index in [9.17, 15) is 4.79 Å². The van der Waals surface area contributed by atoms with Crippen LogP contribution in [0.25, 0.3) is 5.69 Å². The summed E-state index contributed by atoms with van der Waals surface area (Å²) in [5, 5.41) is 11.9. The second-order valence-electron chi connectivity index (χ2n) is 7.66. The molecule has 1 aromatic carbocycles. The fraction of sp³-hybridized carbons (Fsp3) is 0.409. The minimum Gasteiger partial charge on any atom is -0.326 e. The average Bonchev–Trinajstić information content (AvgIpc) is 3.39. The normalized spacial score (nSPS) is 17.4. The molecule has 0 bridgehead atoms. The number of likely N-dealkylation sites (tertiary alicyclic amines) is 1. The van der Waals surface area contributed by atoms with Gasteiger partial charge in [0.05, 0.1) is 17.3 Å². The van der Waals surface area contributed by atoms with Gasteiger partial charge < -0.3 is 5.32 Å². The van der Waals surface area contributed by atoms with Crippen molar-refractivity contribution in [2.24, 2.45) is 5.92 Å². The first-order valence-electron chi connectivity index (χ1n) is 10.3. The lowest BCUT2D eigenvalue weighted by molar-refractivity contribution is -0.121. The number of anilines is 1. The Bertz CT molecular complexity index is 962. The molecule has 2 aromatic heterocycles. The molecule has 1 fully saturated rings. The highest BCUT2D eigenvalue weighted by molar-refractivity contribution is 5.93. The van der Waals surface area contributed by atoms with E-state index in [1.54, 1.807) is 10.9 Å². The van der Waals surface area contributed by atoms with Crippen LogP contribution in [0.3, 0.4) is 0 Å². The topological polar surface area (TPSA) is 68.0 Å². The Balaban J connectivity index is 1.39. The number of carbonyl (C=O) groups is 1. The van der Waals surface area contributed by atoms with Crippen LogP contribution >= 0.6 is 0 Å². The number of nitrogens with one attached hydrogen (secondary N) is 1. The van der Waals surface area contributed by atoms with Gasteiger partial charge in [-0.15, -0.1) is 0 Å². The van der Waals surface area contributed by atoms with E-state index in [0.29, 0.717) is 0 Å². The minimum atomic E-state index is -0.00126. The smallest absolute Gasteiger partial charge is 0.228 e. The number of piperidine rings is 1. The molecule has 4 rings (SSSR count). The van der Waals surface area contributed by atoms with Crippen LogP contribution in [0.15, 0.2) is 48.9 Å². The summed E-state index contributed by atoms with van der Waals surface area (Å²) >= 11 is 0. The third-order valence-corrected chi connectivity index (χ3v) is 5.52. The Kier molecular flexibility index (Phi) is 5.76. The highest BCUT2D eigenvalue weighted by Gasteiger charge is 2.26. The van der Waals surface area contributed by atoms with Crippen molar-refractivity contribution >= 4 is 11.6 Å². The molecular weight excluding hydrogens is 364 g/mol. The van der Waals surface area contributed by atoms with Crippen LogP contribution in [-0.4, -0.2) is 43.5 Å². The average molecular weight is 393 g/mol. The molecule has 0 radical (unpaired) electrons. The first kappa shape index (κ1) is 19.4. The number of hydrogen-bond donors (Lipinski definition) is 1. The van der Waals surface area contributed by atoms with E-state index in [-0.39, 0.29) is 11.8 Å². The molecule has 0 saturated carbocycles. The summed E-state index contributed by atoms with van der Waals surface area (Å²) in [6.07, 6.45) is 7.72. The van der Waals surface area contributed by atoms with Crippen LogP contribution < -0.4 is 5.32 Å². The summed E-state index contributed by atoms with van der Waals surface area (Å²) < 4.78 is 3.77. The van der Waals surface area contributed by atoms with Crippen LogP contribution in [-0.2, 0) is 17.9 Å². The van der Waals surface area contributed by atoms with Gasteiger partial charge in [0.2, 0.25) is 5.91 Å². The number of rotatable bonds is 6. The van der Waals surface area contributed by atoms with Crippen LogP contribution in [0.4, 0.5) is 5.69 Å². The molecule has 1 atom stereocenters. The molecule has 1 amide bonds. The minimum absolute atomic E-state index is 0.00126. The Morgan fingerprint density at radius 3 is 2.97 bits per heavy atom. The number of carbonyl (C=O) groups excluding carboxylic acids is 1. The van der Waals surface area contributed by atoms with Crippen LogP contribution in [0.5, 0.6) is 0 Å². The van der Waals surface area contributed by atoms with E-state index in [1.807, 2.05) is 41.2 Å².